The van der Waals surface area contributed by atoms with E-state index in [1.165, 1.54) is 4.31 Å². The maximum Gasteiger partial charge on any atom is 0.227 e. The summed E-state index contributed by atoms with van der Waals surface area (Å²) < 4.78 is 33.0. The molecule has 1 fully saturated rings. The summed E-state index contributed by atoms with van der Waals surface area (Å²) in [6.07, 6.45) is 1.02. The molecule has 7 heteroatoms. The SMILES string of the molecule is Cc1ccccc1CS(=O)(=O)N1CCC(C(=O)Nc2ccc(OCc3ccccc3)cc2)CC1. The summed E-state index contributed by atoms with van der Waals surface area (Å²) in [5.41, 5.74) is 3.58. The van der Waals surface area contributed by atoms with Crippen LogP contribution in [0.1, 0.15) is 29.5 Å². The third kappa shape index (κ3) is 6.24. The highest BCUT2D eigenvalue weighted by atomic mass is 32.2. The molecule has 1 N–H and O–H groups in total. The molecule has 178 valence electrons. The van der Waals surface area contributed by atoms with Crippen molar-refractivity contribution in [2.24, 2.45) is 5.92 Å². The van der Waals surface area contributed by atoms with Gasteiger partial charge < -0.3 is 10.1 Å². The van der Waals surface area contributed by atoms with Crippen LogP contribution in [0.5, 0.6) is 5.75 Å². The molecule has 3 aromatic rings. The quantitative estimate of drug-likeness (QED) is 0.507. The van der Waals surface area contributed by atoms with Crippen molar-refractivity contribution in [1.29, 1.82) is 0 Å². The molecule has 1 aliphatic heterocycles. The Morgan fingerprint density at radius 2 is 1.59 bits per heavy atom. The highest BCUT2D eigenvalue weighted by molar-refractivity contribution is 7.88. The van der Waals surface area contributed by atoms with Gasteiger partial charge in [0.25, 0.3) is 0 Å². The minimum Gasteiger partial charge on any atom is -0.489 e. The molecule has 1 amide bonds. The number of ether oxygens (including phenoxy) is 1. The molecular formula is C27H30N2O4S. The number of sulfonamides is 1. The third-order valence-electron chi connectivity index (χ3n) is 6.19. The van der Waals surface area contributed by atoms with Gasteiger partial charge in [0.1, 0.15) is 12.4 Å². The molecule has 1 saturated heterocycles. The molecule has 4 rings (SSSR count). The van der Waals surface area contributed by atoms with Crippen LogP contribution in [0, 0.1) is 12.8 Å². The molecule has 0 saturated carbocycles. The molecule has 0 aliphatic carbocycles. The van der Waals surface area contributed by atoms with Crippen LogP contribution in [0.15, 0.2) is 78.9 Å². The standard InChI is InChI=1S/C27H30N2O4S/c1-21-7-5-6-10-24(21)20-34(31,32)29-17-15-23(16-18-29)27(30)28-25-11-13-26(14-12-25)33-19-22-8-3-2-4-9-22/h2-14,23H,15-20H2,1H3,(H,28,30). The topological polar surface area (TPSA) is 75.7 Å². The zero-order valence-corrected chi connectivity index (χ0v) is 20.1. The number of nitrogens with zero attached hydrogens (tertiary/aromatic N) is 1. The van der Waals surface area contributed by atoms with E-state index in [-0.39, 0.29) is 17.6 Å². The fourth-order valence-corrected chi connectivity index (χ4v) is 5.74. The Morgan fingerprint density at radius 3 is 2.26 bits per heavy atom. The number of carbonyl (C=O) groups excluding carboxylic acids is 1. The summed E-state index contributed by atoms with van der Waals surface area (Å²) >= 11 is 0. The van der Waals surface area contributed by atoms with Gasteiger partial charge in [-0.15, -0.1) is 0 Å². The molecular weight excluding hydrogens is 448 g/mol. The molecule has 0 radical (unpaired) electrons. The number of rotatable bonds is 8. The highest BCUT2D eigenvalue weighted by Crippen LogP contribution is 2.24. The zero-order chi connectivity index (χ0) is 24.0. The number of nitrogens with one attached hydrogen (secondary N) is 1. The van der Waals surface area contributed by atoms with Crippen LogP contribution >= 0.6 is 0 Å². The average Bonchev–Trinajstić information content (AvgIpc) is 2.86. The molecule has 1 aliphatic rings. The van der Waals surface area contributed by atoms with Gasteiger partial charge in [-0.3, -0.25) is 4.79 Å². The number of piperidine rings is 1. The summed E-state index contributed by atoms with van der Waals surface area (Å²) in [4.78, 5) is 12.7. The first-order valence-corrected chi connectivity index (χ1v) is 13.1. The van der Waals surface area contributed by atoms with Crippen molar-refractivity contribution in [3.05, 3.63) is 95.6 Å². The predicted molar refractivity (Wildman–Crippen MR) is 134 cm³/mol. The number of hydrogen-bond acceptors (Lipinski definition) is 4. The van der Waals surface area contributed by atoms with Crippen molar-refractivity contribution < 1.29 is 17.9 Å². The van der Waals surface area contributed by atoms with Crippen LogP contribution in [0.2, 0.25) is 0 Å². The van der Waals surface area contributed by atoms with E-state index in [0.29, 0.717) is 38.2 Å². The minimum absolute atomic E-state index is 0.00473. The Morgan fingerprint density at radius 1 is 0.941 bits per heavy atom. The van der Waals surface area contributed by atoms with Crippen molar-refractivity contribution in [2.75, 3.05) is 18.4 Å². The van der Waals surface area contributed by atoms with E-state index in [9.17, 15) is 13.2 Å². The highest BCUT2D eigenvalue weighted by Gasteiger charge is 2.31. The van der Waals surface area contributed by atoms with E-state index in [1.807, 2.05) is 85.8 Å². The van der Waals surface area contributed by atoms with Gasteiger partial charge in [-0.25, -0.2) is 12.7 Å². The van der Waals surface area contributed by atoms with Gasteiger partial charge in [0, 0.05) is 24.7 Å². The number of carbonyl (C=O) groups is 1. The van der Waals surface area contributed by atoms with E-state index in [0.717, 1.165) is 22.4 Å². The Hall–Kier alpha value is -3.16. The van der Waals surface area contributed by atoms with E-state index >= 15 is 0 Å². The van der Waals surface area contributed by atoms with Gasteiger partial charge >= 0.3 is 0 Å². The molecule has 0 unspecified atom stereocenters. The van der Waals surface area contributed by atoms with Crippen LogP contribution in [0.3, 0.4) is 0 Å². The number of anilines is 1. The largest absolute Gasteiger partial charge is 0.489 e. The second kappa shape index (κ2) is 10.8. The maximum atomic E-state index is 12.9. The number of aryl methyl sites for hydroxylation is 1. The van der Waals surface area contributed by atoms with Gasteiger partial charge in [-0.2, -0.15) is 0 Å². The molecule has 34 heavy (non-hydrogen) atoms. The van der Waals surface area contributed by atoms with Gasteiger partial charge in [0.15, 0.2) is 0 Å². The summed E-state index contributed by atoms with van der Waals surface area (Å²) in [6, 6.07) is 24.8. The minimum atomic E-state index is -3.41. The lowest BCUT2D eigenvalue weighted by molar-refractivity contribution is -0.120. The van der Waals surface area contributed by atoms with E-state index in [2.05, 4.69) is 5.32 Å². The van der Waals surface area contributed by atoms with Crippen LogP contribution in [-0.4, -0.2) is 31.7 Å². The van der Waals surface area contributed by atoms with E-state index in [4.69, 9.17) is 4.74 Å². The Labute approximate surface area is 201 Å². The smallest absolute Gasteiger partial charge is 0.227 e. The van der Waals surface area contributed by atoms with Crippen LogP contribution in [0.4, 0.5) is 5.69 Å². The predicted octanol–water partition coefficient (Wildman–Crippen LogP) is 4.75. The van der Waals surface area contributed by atoms with Crippen LogP contribution in [0.25, 0.3) is 0 Å². The van der Waals surface area contributed by atoms with Crippen molar-refractivity contribution in [2.45, 2.75) is 32.1 Å². The normalized spacial score (nSPS) is 15.1. The van der Waals surface area contributed by atoms with Crippen molar-refractivity contribution in [1.82, 2.24) is 4.31 Å². The first-order chi connectivity index (χ1) is 16.4. The Balaban J connectivity index is 1.26. The molecule has 0 atom stereocenters. The monoisotopic (exact) mass is 478 g/mol. The molecule has 6 nitrogen and oxygen atoms in total. The van der Waals surface area contributed by atoms with E-state index < -0.39 is 10.0 Å². The van der Waals surface area contributed by atoms with Gasteiger partial charge in [-0.05, 0) is 60.7 Å². The van der Waals surface area contributed by atoms with Gasteiger partial charge in [-0.1, -0.05) is 54.6 Å². The van der Waals surface area contributed by atoms with E-state index in [1.54, 1.807) is 0 Å². The fraction of sp³-hybridized carbons (Fsp3) is 0.296. The van der Waals surface area contributed by atoms with Crippen molar-refractivity contribution in [3.63, 3.8) is 0 Å². The second-order valence-electron chi connectivity index (χ2n) is 8.64. The molecule has 0 aromatic heterocycles. The lowest BCUT2D eigenvalue weighted by Crippen LogP contribution is -2.41. The molecule has 0 spiro atoms. The second-order valence-corrected chi connectivity index (χ2v) is 10.6. The van der Waals surface area contributed by atoms with Gasteiger partial charge in [0.2, 0.25) is 15.9 Å². The summed E-state index contributed by atoms with van der Waals surface area (Å²) in [7, 11) is -3.41. The van der Waals surface area contributed by atoms with Crippen molar-refractivity contribution >= 4 is 21.6 Å². The molecule has 3 aromatic carbocycles. The first kappa shape index (κ1) is 24.0. The number of amides is 1. The maximum absolute atomic E-state index is 12.9. The first-order valence-electron chi connectivity index (χ1n) is 11.5. The third-order valence-corrected chi connectivity index (χ3v) is 8.02. The number of benzene rings is 3. The Bertz CT molecular complexity index is 1200. The van der Waals surface area contributed by atoms with Gasteiger partial charge in [0.05, 0.1) is 5.75 Å². The number of hydrogen-bond donors (Lipinski definition) is 1. The van der Waals surface area contributed by atoms with Crippen LogP contribution < -0.4 is 10.1 Å². The summed E-state index contributed by atoms with van der Waals surface area (Å²) in [5, 5.41) is 2.95. The Kier molecular flexibility index (Phi) is 7.65. The van der Waals surface area contributed by atoms with Crippen LogP contribution in [-0.2, 0) is 27.2 Å². The summed E-state index contributed by atoms with van der Waals surface area (Å²) in [5.74, 6) is 0.441. The lowest BCUT2D eigenvalue weighted by Gasteiger charge is -2.30. The zero-order valence-electron chi connectivity index (χ0n) is 19.3. The average molecular weight is 479 g/mol. The lowest BCUT2D eigenvalue weighted by atomic mass is 9.97. The molecule has 1 heterocycles. The summed E-state index contributed by atoms with van der Waals surface area (Å²) in [6.45, 7) is 3.12. The van der Waals surface area contributed by atoms with Crippen molar-refractivity contribution in [3.8, 4) is 5.75 Å². The fourth-order valence-electron chi connectivity index (χ4n) is 4.08. The molecule has 0 bridgehead atoms.